The van der Waals surface area contributed by atoms with Crippen LogP contribution in [0.3, 0.4) is 0 Å². The number of pyridine rings is 1. The Morgan fingerprint density at radius 3 is 2.80 bits per heavy atom. The predicted molar refractivity (Wildman–Crippen MR) is 154 cm³/mol. The molecule has 216 valence electrons. The van der Waals surface area contributed by atoms with Gasteiger partial charge in [-0.2, -0.15) is 0 Å². The number of methoxy groups -OCH3 is 1. The third kappa shape index (κ3) is 6.82. The van der Waals surface area contributed by atoms with Gasteiger partial charge < -0.3 is 28.8 Å². The Morgan fingerprint density at radius 2 is 2.02 bits per heavy atom. The summed E-state index contributed by atoms with van der Waals surface area (Å²) in [6.45, 7) is 7.77. The fourth-order valence-corrected chi connectivity index (χ4v) is 4.74. The van der Waals surface area contributed by atoms with E-state index in [-0.39, 0.29) is 24.9 Å². The monoisotopic (exact) mass is 561 g/mol. The number of likely N-dealkylation sites (N-methyl/N-ethyl adjacent to an activating group) is 1. The van der Waals surface area contributed by atoms with Crippen molar-refractivity contribution in [2.24, 2.45) is 10.9 Å². The molecule has 4 heterocycles. The number of ether oxygens (including phenoxy) is 4. The Bertz CT molecular complexity index is 1460. The predicted octanol–water partition coefficient (Wildman–Crippen LogP) is 2.97. The second kappa shape index (κ2) is 13.1. The summed E-state index contributed by atoms with van der Waals surface area (Å²) in [6.07, 6.45) is 5.00. The van der Waals surface area contributed by atoms with Gasteiger partial charge in [-0.1, -0.05) is 0 Å². The Morgan fingerprint density at radius 1 is 1.20 bits per heavy atom. The van der Waals surface area contributed by atoms with Gasteiger partial charge in [-0.3, -0.25) is 14.5 Å². The molecule has 2 fully saturated rings. The Hall–Kier alpha value is -4.06. The third-order valence-corrected chi connectivity index (χ3v) is 7.17. The van der Waals surface area contributed by atoms with Crippen molar-refractivity contribution < 1.29 is 28.5 Å². The van der Waals surface area contributed by atoms with Crippen LogP contribution in [0.5, 0.6) is 5.75 Å². The lowest BCUT2D eigenvalue weighted by Gasteiger charge is -2.32. The second-order valence-corrected chi connectivity index (χ2v) is 10.1. The van der Waals surface area contributed by atoms with E-state index in [1.807, 2.05) is 25.1 Å². The van der Waals surface area contributed by atoms with Crippen molar-refractivity contribution in [1.29, 1.82) is 0 Å². The van der Waals surface area contributed by atoms with E-state index in [1.165, 1.54) is 7.11 Å². The molecule has 1 aromatic carbocycles. The molecule has 0 bridgehead atoms. The number of aromatic amines is 1. The smallest absolute Gasteiger partial charge is 0.326 e. The van der Waals surface area contributed by atoms with E-state index >= 15 is 0 Å². The number of rotatable bonds is 10. The van der Waals surface area contributed by atoms with Crippen LogP contribution in [-0.4, -0.2) is 104 Å². The Balaban J connectivity index is 1.34. The number of ketones is 1. The molecular formula is C30H35N5O6. The highest BCUT2D eigenvalue weighted by Crippen LogP contribution is 2.31. The average Bonchev–Trinajstić information content (AvgIpc) is 3.51. The maximum atomic E-state index is 13.4. The van der Waals surface area contributed by atoms with E-state index in [4.69, 9.17) is 18.9 Å². The fourth-order valence-electron chi connectivity index (χ4n) is 4.74. The number of piperazine rings is 1. The van der Waals surface area contributed by atoms with Crippen molar-refractivity contribution in [3.63, 3.8) is 0 Å². The molecule has 41 heavy (non-hydrogen) atoms. The van der Waals surface area contributed by atoms with Crippen molar-refractivity contribution >= 4 is 40.4 Å². The molecule has 5 rings (SSSR count). The normalized spacial score (nSPS) is 20.2. The van der Waals surface area contributed by atoms with Crippen LogP contribution in [0.4, 0.5) is 5.69 Å². The number of nitrogens with zero attached hydrogens (tertiary/aromatic N) is 4. The number of H-pyrrole nitrogens is 1. The molecule has 2 aliphatic heterocycles. The lowest BCUT2D eigenvalue weighted by molar-refractivity contribution is -0.149. The number of fused-ring (bicyclic) bond motifs is 1. The van der Waals surface area contributed by atoms with E-state index < -0.39 is 17.7 Å². The van der Waals surface area contributed by atoms with Crippen LogP contribution in [-0.2, 0) is 23.8 Å². The van der Waals surface area contributed by atoms with Crippen LogP contribution >= 0.6 is 0 Å². The maximum absolute atomic E-state index is 13.4. The highest BCUT2D eigenvalue weighted by molar-refractivity contribution is 6.27. The summed E-state index contributed by atoms with van der Waals surface area (Å²) in [5.74, 6) is -1.88. The molecule has 2 aliphatic rings. The van der Waals surface area contributed by atoms with E-state index in [0.29, 0.717) is 23.5 Å². The minimum absolute atomic E-state index is 0.00343. The number of allylic oxidation sites excluding steroid dienone is 1. The zero-order chi connectivity index (χ0) is 28.8. The second-order valence-electron chi connectivity index (χ2n) is 10.1. The topological polar surface area (TPSA) is 119 Å². The first kappa shape index (κ1) is 28.5. The number of Topliss-reactive ketones (excluding diaryl/α,β-unsaturated/α-hetero) is 1. The SMILES string of the molecule is COCCOC(=O)C1C(=O)/C(=C/c2c[nH]c3ncccc23)OC1=Nc1ccc(OCCN2CCN(C)CC2)cc1C. The van der Waals surface area contributed by atoms with Gasteiger partial charge in [-0.25, -0.2) is 9.98 Å². The maximum Gasteiger partial charge on any atom is 0.326 e. The van der Waals surface area contributed by atoms with Gasteiger partial charge in [0.1, 0.15) is 24.6 Å². The fraction of sp³-hybridized carbons (Fsp3) is 0.400. The summed E-state index contributed by atoms with van der Waals surface area (Å²) in [7, 11) is 3.64. The van der Waals surface area contributed by atoms with Crippen LogP contribution in [0.25, 0.3) is 17.1 Å². The quantitative estimate of drug-likeness (QED) is 0.172. The first-order chi connectivity index (χ1) is 19.9. The first-order valence-electron chi connectivity index (χ1n) is 13.7. The summed E-state index contributed by atoms with van der Waals surface area (Å²) < 4.78 is 22.2. The van der Waals surface area contributed by atoms with Crippen LogP contribution < -0.4 is 4.74 Å². The largest absolute Gasteiger partial charge is 0.492 e. The van der Waals surface area contributed by atoms with Gasteiger partial charge in [0.25, 0.3) is 0 Å². The number of benzene rings is 1. The molecule has 1 N–H and O–H groups in total. The molecule has 0 amide bonds. The molecular weight excluding hydrogens is 526 g/mol. The van der Waals surface area contributed by atoms with Gasteiger partial charge in [0.15, 0.2) is 11.7 Å². The highest BCUT2D eigenvalue weighted by Gasteiger charge is 2.45. The van der Waals surface area contributed by atoms with Gasteiger partial charge >= 0.3 is 5.97 Å². The lowest BCUT2D eigenvalue weighted by atomic mass is 10.0. The van der Waals surface area contributed by atoms with E-state index in [2.05, 4.69) is 31.8 Å². The molecule has 1 atom stereocenters. The summed E-state index contributed by atoms with van der Waals surface area (Å²) in [4.78, 5) is 43.0. The van der Waals surface area contributed by atoms with Crippen molar-refractivity contribution in [3.05, 3.63) is 59.6 Å². The van der Waals surface area contributed by atoms with Gasteiger partial charge in [0, 0.05) is 63.2 Å². The minimum Gasteiger partial charge on any atom is -0.492 e. The van der Waals surface area contributed by atoms with Gasteiger partial charge in [-0.05, 0) is 55.9 Å². The molecule has 2 aromatic heterocycles. The Kier molecular flexibility index (Phi) is 9.07. The lowest BCUT2D eigenvalue weighted by Crippen LogP contribution is -2.45. The molecule has 0 spiro atoms. The number of carbonyl (C=O) groups is 2. The number of aryl methyl sites for hydroxylation is 1. The molecule has 0 saturated carbocycles. The summed E-state index contributed by atoms with van der Waals surface area (Å²) in [5.41, 5.74) is 2.76. The minimum atomic E-state index is -1.32. The zero-order valence-corrected chi connectivity index (χ0v) is 23.6. The summed E-state index contributed by atoms with van der Waals surface area (Å²) >= 11 is 0. The number of hydrogen-bond acceptors (Lipinski definition) is 10. The molecule has 2 saturated heterocycles. The van der Waals surface area contributed by atoms with E-state index in [1.54, 1.807) is 30.6 Å². The average molecular weight is 562 g/mol. The number of hydrogen-bond donors (Lipinski definition) is 1. The van der Waals surface area contributed by atoms with E-state index in [0.717, 1.165) is 49.4 Å². The van der Waals surface area contributed by atoms with Gasteiger partial charge in [0.05, 0.1) is 12.3 Å². The first-order valence-corrected chi connectivity index (χ1v) is 13.7. The van der Waals surface area contributed by atoms with Crippen LogP contribution in [0.2, 0.25) is 0 Å². The van der Waals surface area contributed by atoms with Crippen molar-refractivity contribution in [1.82, 2.24) is 19.8 Å². The number of aromatic nitrogens is 2. The third-order valence-electron chi connectivity index (χ3n) is 7.17. The standard InChI is InChI=1S/C30H35N5O6/c1-20-17-22(39-14-13-35-11-9-34(2)10-12-35)6-7-24(20)33-29-26(30(37)40-16-15-38-3)27(36)25(41-29)18-21-19-32-28-23(21)5-4-8-31-28/h4-8,17-19,26H,9-16H2,1-3H3,(H,31,32)/b25-18-,33-29?. The number of aliphatic imine (C=N–C) groups is 1. The molecule has 3 aromatic rings. The van der Waals surface area contributed by atoms with Crippen LogP contribution in [0, 0.1) is 12.8 Å². The molecule has 0 aliphatic carbocycles. The van der Waals surface area contributed by atoms with Crippen LogP contribution in [0.15, 0.2) is 53.5 Å². The van der Waals surface area contributed by atoms with E-state index in [9.17, 15) is 9.59 Å². The highest BCUT2D eigenvalue weighted by atomic mass is 16.6. The van der Waals surface area contributed by atoms with Crippen molar-refractivity contribution in [2.75, 3.05) is 66.7 Å². The number of carbonyl (C=O) groups excluding carboxylic acids is 2. The van der Waals surface area contributed by atoms with Gasteiger partial charge in [0.2, 0.25) is 11.7 Å². The zero-order valence-electron chi connectivity index (χ0n) is 23.6. The number of esters is 1. The molecule has 11 nitrogen and oxygen atoms in total. The van der Waals surface area contributed by atoms with Crippen molar-refractivity contribution in [3.8, 4) is 5.75 Å². The van der Waals surface area contributed by atoms with Crippen molar-refractivity contribution in [2.45, 2.75) is 6.92 Å². The summed E-state index contributed by atoms with van der Waals surface area (Å²) in [6, 6.07) is 9.20. The Labute approximate surface area is 238 Å². The summed E-state index contributed by atoms with van der Waals surface area (Å²) in [5, 5.41) is 0.820. The van der Waals surface area contributed by atoms with Crippen LogP contribution in [0.1, 0.15) is 11.1 Å². The number of nitrogens with one attached hydrogen (secondary N) is 1. The molecule has 0 radical (unpaired) electrons. The molecule has 1 unspecified atom stereocenters. The molecule has 11 heteroatoms. The van der Waals surface area contributed by atoms with Gasteiger partial charge in [-0.15, -0.1) is 0 Å².